The number of esters is 1. The Labute approximate surface area is 596 Å². The quantitative estimate of drug-likeness (QED) is 0.0148. The van der Waals surface area contributed by atoms with Crippen LogP contribution in [0.2, 0.25) is 0 Å². The summed E-state index contributed by atoms with van der Waals surface area (Å²) in [6.45, 7) is 0.570. The number of nitrogens with one attached hydrogen (secondary N) is 1. The molecule has 104 heavy (non-hydrogen) atoms. The monoisotopic (exact) mass is 1510 g/mol. The average Bonchev–Trinajstić information content (AvgIpc) is 1.58. The lowest BCUT2D eigenvalue weighted by atomic mass is 9.95. The minimum absolute atomic E-state index is 0.0216. The van der Waals surface area contributed by atoms with E-state index in [1.165, 1.54) is 21.8 Å². The van der Waals surface area contributed by atoms with Crippen molar-refractivity contribution >= 4 is 92.6 Å². The number of nitrogens with two attached hydrogens (primary N) is 2. The van der Waals surface area contributed by atoms with Crippen LogP contribution in [0.1, 0.15) is 66.0 Å². The predicted octanol–water partition coefficient (Wildman–Crippen LogP) is 7.94. The lowest BCUT2D eigenvalue weighted by Crippen LogP contribution is -2.36. The van der Waals surface area contributed by atoms with Crippen molar-refractivity contribution in [2.45, 2.75) is 106 Å². The van der Waals surface area contributed by atoms with Gasteiger partial charge in [-0.1, -0.05) is 59.8 Å². The number of unbranched alkanes of at least 4 members (excludes halogenated alkanes) is 1. The van der Waals surface area contributed by atoms with Gasteiger partial charge in [0.1, 0.15) is 78.0 Å². The van der Waals surface area contributed by atoms with Crippen LogP contribution in [0.4, 0.5) is 26.1 Å². The van der Waals surface area contributed by atoms with Gasteiger partial charge in [-0.3, -0.25) is 36.9 Å². The SMILES string of the molecule is CP(=O)(O)OCC(O)COCCCNC(=O)CCCCC(=O)N1Cc2ccccc2-c2nnn(CCOc3ccc(C(=O)Oc4ccc(CSC[P@@]5(=O)OC[C@H]6O[C@@H](n7cnc8c(N)ncnc87)[C@H](F)[C@@H]6O[PH](=O)OC[C@H]6O[C@@H](n7cnc8c(N)ncnc87)[C@H](F)[C@@H]6O5)cc4)cc3)c2-c2ccccc21. The Kier molecular flexibility index (Phi) is 23.3. The molecule has 9 aromatic rings. The highest BCUT2D eigenvalue weighted by molar-refractivity contribution is 8.03. The largest absolute Gasteiger partial charge is 0.492 e. The zero-order valence-electron chi connectivity index (χ0n) is 55.6. The number of nitrogen functional groups attached to an aromatic ring is 2. The van der Waals surface area contributed by atoms with Crippen LogP contribution in [0.15, 0.2) is 122 Å². The molecule has 12 atom stereocenters. The Balaban J connectivity index is 0.610. The maximum atomic E-state index is 17.0. The molecule has 5 aromatic heterocycles. The Bertz CT molecular complexity index is 4680. The average molecular weight is 1510 g/mol. The van der Waals surface area contributed by atoms with Crippen molar-refractivity contribution in [1.82, 2.24) is 59.3 Å². The number of thioether (sulfide) groups is 1. The number of nitrogens with zero attached hydrogens (tertiary/aromatic N) is 12. The first kappa shape index (κ1) is 73.7. The molecule has 3 fully saturated rings. The number of halogens is 2. The van der Waals surface area contributed by atoms with Crippen LogP contribution >= 0.6 is 35.2 Å². The summed E-state index contributed by atoms with van der Waals surface area (Å²) in [4.78, 5) is 76.0. The summed E-state index contributed by atoms with van der Waals surface area (Å²) in [7, 11) is -11.8. The molecule has 550 valence electrons. The summed E-state index contributed by atoms with van der Waals surface area (Å²) in [5, 5.41) is 21.9. The van der Waals surface area contributed by atoms with Crippen LogP contribution < -0.4 is 31.2 Å². The third-order valence-electron chi connectivity index (χ3n) is 17.2. The number of alkyl halides is 2. The number of ether oxygens (including phenoxy) is 5. The second kappa shape index (κ2) is 32.8. The van der Waals surface area contributed by atoms with Crippen molar-refractivity contribution in [3.8, 4) is 34.0 Å². The number of carbonyl (C=O) groups is 3. The van der Waals surface area contributed by atoms with E-state index in [0.717, 1.165) is 47.8 Å². The van der Waals surface area contributed by atoms with E-state index in [1.807, 2.05) is 48.5 Å². The van der Waals surface area contributed by atoms with Crippen molar-refractivity contribution in [3.05, 3.63) is 139 Å². The number of fused-ring (bicyclic) bond motifs is 9. The third-order valence-corrected chi connectivity index (χ3v) is 22.4. The minimum Gasteiger partial charge on any atom is -0.492 e. The van der Waals surface area contributed by atoms with Gasteiger partial charge in [0.05, 0.1) is 74.6 Å². The number of benzene rings is 4. The van der Waals surface area contributed by atoms with Gasteiger partial charge in [0.25, 0.3) is 0 Å². The van der Waals surface area contributed by atoms with E-state index in [2.05, 4.69) is 45.5 Å². The molecule has 39 heteroatoms. The van der Waals surface area contributed by atoms with Crippen LogP contribution in [0.5, 0.6) is 11.5 Å². The molecule has 4 aromatic carbocycles. The fraction of sp³-hybridized carbons (Fsp3) is 0.400. The topological polar surface area (TPSA) is 420 Å². The van der Waals surface area contributed by atoms with Crippen LogP contribution in [0.25, 0.3) is 44.8 Å². The van der Waals surface area contributed by atoms with Crippen LogP contribution in [0.3, 0.4) is 0 Å². The first-order chi connectivity index (χ1) is 50.2. The smallest absolute Gasteiger partial charge is 0.343 e. The van der Waals surface area contributed by atoms with Crippen molar-refractivity contribution in [2.75, 3.05) is 74.7 Å². The molecule has 4 aliphatic rings. The molecule has 9 heterocycles. The molecule has 0 bridgehead atoms. The summed E-state index contributed by atoms with van der Waals surface area (Å²) in [5.74, 6) is -0.0338. The molecule has 2 amide bonds. The number of amides is 2. The number of carbonyl (C=O) groups excluding carboxylic acids is 3. The normalized spacial score (nSPS) is 23.4. The van der Waals surface area contributed by atoms with E-state index < -0.39 is 97.9 Å². The number of aromatic nitrogens is 11. The summed E-state index contributed by atoms with van der Waals surface area (Å²) >= 11 is 1.10. The summed E-state index contributed by atoms with van der Waals surface area (Å²) in [5.41, 5.74) is 17.5. The predicted molar refractivity (Wildman–Crippen MR) is 372 cm³/mol. The molecule has 3 unspecified atom stereocenters. The zero-order chi connectivity index (χ0) is 72.7. The number of imidazole rings is 2. The second-order valence-corrected chi connectivity index (χ2v) is 30.9. The fourth-order valence-corrected chi connectivity index (χ4v) is 16.8. The highest BCUT2D eigenvalue weighted by atomic mass is 32.2. The van der Waals surface area contributed by atoms with Gasteiger partial charge in [0, 0.05) is 49.5 Å². The first-order valence-electron chi connectivity index (χ1n) is 33.0. The van der Waals surface area contributed by atoms with Gasteiger partial charge in [0.2, 0.25) is 11.8 Å². The first-order valence-corrected chi connectivity index (χ1v) is 39.1. The molecule has 0 aliphatic carbocycles. The molecule has 7 N–H and O–H groups in total. The van der Waals surface area contributed by atoms with Crippen molar-refractivity contribution in [3.63, 3.8) is 0 Å². The third kappa shape index (κ3) is 17.2. The molecular weight excluding hydrogens is 1440 g/mol. The van der Waals surface area contributed by atoms with Gasteiger partial charge in [-0.15, -0.1) is 16.9 Å². The van der Waals surface area contributed by atoms with E-state index in [9.17, 15) is 33.5 Å². The summed E-state index contributed by atoms with van der Waals surface area (Å²) in [6.07, 6.45) is -7.65. The lowest BCUT2D eigenvalue weighted by Gasteiger charge is -2.29. The van der Waals surface area contributed by atoms with Crippen molar-refractivity contribution in [1.29, 1.82) is 0 Å². The highest BCUT2D eigenvalue weighted by Gasteiger charge is 2.54. The van der Waals surface area contributed by atoms with E-state index >= 15 is 13.3 Å². The Morgan fingerprint density at radius 2 is 1.45 bits per heavy atom. The number of rotatable bonds is 26. The zero-order valence-corrected chi connectivity index (χ0v) is 59.2. The van der Waals surface area contributed by atoms with Gasteiger partial charge >= 0.3 is 29.4 Å². The van der Waals surface area contributed by atoms with Gasteiger partial charge in [-0.05, 0) is 72.9 Å². The molecule has 0 saturated carbocycles. The molecular formula is C65H72F2N15O18P3S. The number of hydrogen-bond donors (Lipinski definition) is 5. The van der Waals surface area contributed by atoms with E-state index in [4.69, 9.17) is 57.8 Å². The minimum atomic E-state index is -4.49. The highest BCUT2D eigenvalue weighted by Crippen LogP contribution is 2.57. The van der Waals surface area contributed by atoms with Gasteiger partial charge < -0.3 is 73.5 Å². The standard InChI is InChI=1S/C65H72F2N15O18P3S/c1-102(88,89)94-29-41(83)28-91-25-8-23-70-49(84)13-6-7-14-50(85)79-27-40-9-2-3-10-44(40)53-56(45-11-4-5-12-46(45)79)82(78-77-53)24-26-92-42-21-17-39(18-22-42)65(86)96-43-19-15-38(16-20-43)32-104-37-103(90)95-31-48-57(51(66)63(98-48)80-35-75-54-59(68)71-33-73-61(54)80)99-101(87)93-30-47-58(100-103)52(67)64(97-47)81-36-76-55-60(69)72-34-74-62(55)81/h2-5,9-12,15-22,33-36,41,47-48,51-52,57-58,63-64,83,101H,6-8,13-14,23-32,37H2,1H3,(H,70,84)(H,88,89)(H2,68,71,73)(H2,69,72,74)/t41?,47-,48-,51-,52-,57-,58-,63-,64-,103-/m1/s1. The van der Waals surface area contributed by atoms with Crippen LogP contribution in [-0.4, -0.2) is 183 Å². The molecule has 0 radical (unpaired) electrons. The van der Waals surface area contributed by atoms with E-state index in [1.54, 1.807) is 58.1 Å². The number of aliphatic hydroxyl groups is 1. The Morgan fingerprint density at radius 1 is 0.798 bits per heavy atom. The second-order valence-electron chi connectivity index (χ2n) is 24.6. The van der Waals surface area contributed by atoms with Gasteiger partial charge in [-0.25, -0.2) is 48.2 Å². The fourth-order valence-electron chi connectivity index (χ4n) is 12.2. The number of aliphatic hydroxyl groups excluding tert-OH is 1. The van der Waals surface area contributed by atoms with Crippen molar-refractivity contribution in [2.24, 2.45) is 0 Å². The Morgan fingerprint density at radius 3 is 2.16 bits per heavy atom. The number of anilines is 3. The van der Waals surface area contributed by atoms with E-state index in [-0.39, 0.29) is 121 Å². The van der Waals surface area contributed by atoms with Gasteiger partial charge in [-0.2, -0.15) is 0 Å². The number of hydrogen-bond acceptors (Lipinski definition) is 28. The van der Waals surface area contributed by atoms with E-state index in [0.29, 0.717) is 54.2 Å². The number of para-hydroxylation sites is 1. The lowest BCUT2D eigenvalue weighted by molar-refractivity contribution is -0.122. The maximum Gasteiger partial charge on any atom is 0.343 e. The van der Waals surface area contributed by atoms with Gasteiger partial charge in [0.15, 0.2) is 47.7 Å². The molecule has 0 spiro atoms. The Hall–Kier alpha value is -8.57. The molecule has 13 rings (SSSR count). The summed E-state index contributed by atoms with van der Waals surface area (Å²) < 4.78 is 136. The summed E-state index contributed by atoms with van der Waals surface area (Å²) in [6, 6.07) is 28.2. The molecule has 33 nitrogen and oxygen atoms in total. The molecule has 4 aliphatic heterocycles. The van der Waals surface area contributed by atoms with Crippen LogP contribution in [0, 0.1) is 0 Å². The van der Waals surface area contributed by atoms with Crippen LogP contribution in [-0.2, 0) is 79.0 Å². The molecule has 3 saturated heterocycles. The van der Waals surface area contributed by atoms with Crippen molar-refractivity contribution < 1.29 is 93.2 Å². The maximum absolute atomic E-state index is 17.0.